The largest absolute Gasteiger partial charge is 0.383 e. The molecule has 10 heteroatoms. The van der Waals surface area contributed by atoms with Crippen LogP contribution in [0.3, 0.4) is 0 Å². The molecule has 4 aromatic rings. The minimum absolute atomic E-state index is 0.214. The van der Waals surface area contributed by atoms with E-state index in [2.05, 4.69) is 30.9 Å². The number of aromatic nitrogens is 5. The number of H-pyrrole nitrogens is 1. The van der Waals surface area contributed by atoms with Crippen LogP contribution in [-0.2, 0) is 11.3 Å². The van der Waals surface area contributed by atoms with Crippen LogP contribution in [0.4, 0.5) is 16.6 Å². The van der Waals surface area contributed by atoms with Crippen LogP contribution in [0.2, 0.25) is 0 Å². The highest BCUT2D eigenvalue weighted by Gasteiger charge is 2.15. The van der Waals surface area contributed by atoms with Crippen molar-refractivity contribution >= 4 is 44.8 Å². The van der Waals surface area contributed by atoms with Gasteiger partial charge in [0, 0.05) is 24.3 Å². The molecule has 3 aromatic heterocycles. The SMILES string of the molecule is COCCn1nc(Nc2ncc(C(=O)Nc3c(C)ccc4[nH]ncc34)s2)cc1C. The number of amides is 1. The van der Waals surface area contributed by atoms with Crippen molar-refractivity contribution in [3.8, 4) is 0 Å². The van der Waals surface area contributed by atoms with E-state index in [4.69, 9.17) is 4.74 Å². The predicted octanol–water partition coefficient (Wildman–Crippen LogP) is 3.48. The number of anilines is 3. The van der Waals surface area contributed by atoms with E-state index in [9.17, 15) is 4.79 Å². The lowest BCUT2D eigenvalue weighted by Crippen LogP contribution is -2.11. The van der Waals surface area contributed by atoms with Crippen LogP contribution in [-0.4, -0.2) is 44.6 Å². The zero-order chi connectivity index (χ0) is 20.4. The second-order valence-electron chi connectivity index (χ2n) is 6.58. The lowest BCUT2D eigenvalue weighted by Gasteiger charge is -2.08. The van der Waals surface area contributed by atoms with Crippen molar-refractivity contribution in [2.75, 3.05) is 24.4 Å². The Bertz CT molecular complexity index is 1160. The average molecular weight is 411 g/mol. The maximum Gasteiger partial charge on any atom is 0.267 e. The number of fused-ring (bicyclic) bond motifs is 1. The fourth-order valence-electron chi connectivity index (χ4n) is 2.99. The topological polar surface area (TPSA) is 110 Å². The molecule has 0 fully saturated rings. The van der Waals surface area contributed by atoms with Gasteiger partial charge in [0.25, 0.3) is 5.91 Å². The van der Waals surface area contributed by atoms with Crippen LogP contribution >= 0.6 is 11.3 Å². The number of methoxy groups -OCH3 is 1. The Morgan fingerprint density at radius 3 is 3.00 bits per heavy atom. The van der Waals surface area contributed by atoms with Gasteiger partial charge in [-0.2, -0.15) is 10.2 Å². The molecule has 0 saturated heterocycles. The third-order valence-electron chi connectivity index (χ3n) is 4.52. The Labute approximate surface area is 171 Å². The molecule has 150 valence electrons. The number of hydrogen-bond acceptors (Lipinski definition) is 7. The molecule has 3 N–H and O–H groups in total. The van der Waals surface area contributed by atoms with E-state index in [1.54, 1.807) is 19.5 Å². The summed E-state index contributed by atoms with van der Waals surface area (Å²) in [7, 11) is 1.66. The molecule has 1 amide bonds. The first-order valence-electron chi connectivity index (χ1n) is 9.05. The molecule has 29 heavy (non-hydrogen) atoms. The third kappa shape index (κ3) is 3.98. The van der Waals surface area contributed by atoms with Crippen molar-refractivity contribution in [3.05, 3.63) is 46.7 Å². The lowest BCUT2D eigenvalue weighted by molar-refractivity contribution is 0.103. The Kier molecular flexibility index (Phi) is 5.28. The Morgan fingerprint density at radius 1 is 1.31 bits per heavy atom. The summed E-state index contributed by atoms with van der Waals surface area (Å²) in [6.07, 6.45) is 3.27. The van der Waals surface area contributed by atoms with Gasteiger partial charge in [-0.3, -0.25) is 14.6 Å². The van der Waals surface area contributed by atoms with Gasteiger partial charge in [-0.05, 0) is 25.5 Å². The molecule has 4 rings (SSSR count). The van der Waals surface area contributed by atoms with Crippen molar-refractivity contribution < 1.29 is 9.53 Å². The van der Waals surface area contributed by atoms with Gasteiger partial charge in [-0.1, -0.05) is 17.4 Å². The van der Waals surface area contributed by atoms with E-state index in [0.717, 1.165) is 27.8 Å². The smallest absolute Gasteiger partial charge is 0.267 e. The molecular weight excluding hydrogens is 390 g/mol. The number of aromatic amines is 1. The van der Waals surface area contributed by atoms with E-state index >= 15 is 0 Å². The fourth-order valence-corrected chi connectivity index (χ4v) is 3.71. The molecule has 0 aliphatic carbocycles. The fraction of sp³-hybridized carbons (Fsp3) is 0.263. The van der Waals surface area contributed by atoms with Crippen LogP contribution in [0, 0.1) is 13.8 Å². The number of ether oxygens (including phenoxy) is 1. The van der Waals surface area contributed by atoms with Crippen molar-refractivity contribution in [1.82, 2.24) is 25.0 Å². The molecule has 0 aliphatic rings. The summed E-state index contributed by atoms with van der Waals surface area (Å²) < 4.78 is 6.96. The maximum absolute atomic E-state index is 12.7. The minimum Gasteiger partial charge on any atom is -0.383 e. The minimum atomic E-state index is -0.214. The van der Waals surface area contributed by atoms with Crippen molar-refractivity contribution in [1.29, 1.82) is 0 Å². The molecule has 0 unspecified atom stereocenters. The number of hydrogen-bond donors (Lipinski definition) is 3. The molecule has 0 atom stereocenters. The number of carbonyl (C=O) groups excluding carboxylic acids is 1. The summed E-state index contributed by atoms with van der Waals surface area (Å²) in [6.45, 7) is 5.19. The molecule has 0 bridgehead atoms. The second kappa shape index (κ2) is 8.02. The van der Waals surface area contributed by atoms with Gasteiger partial charge in [0.15, 0.2) is 10.9 Å². The van der Waals surface area contributed by atoms with Gasteiger partial charge >= 0.3 is 0 Å². The third-order valence-corrected chi connectivity index (χ3v) is 5.44. The number of carbonyl (C=O) groups is 1. The standard InChI is InChI=1S/C19H21N7O2S/c1-11-4-5-14-13(9-21-24-14)17(11)23-18(27)15-10-20-19(29-15)22-16-8-12(2)26(25-16)6-7-28-3/h4-5,8-10H,6-7H2,1-3H3,(H,21,24)(H,23,27)(H,20,22,25). The molecule has 9 nitrogen and oxygen atoms in total. The van der Waals surface area contributed by atoms with E-state index < -0.39 is 0 Å². The molecule has 3 heterocycles. The summed E-state index contributed by atoms with van der Waals surface area (Å²) in [4.78, 5) is 17.5. The summed E-state index contributed by atoms with van der Waals surface area (Å²) in [5.41, 5.74) is 3.60. The number of nitrogens with one attached hydrogen (secondary N) is 3. The van der Waals surface area contributed by atoms with Gasteiger partial charge in [0.1, 0.15) is 4.88 Å². The van der Waals surface area contributed by atoms with Crippen LogP contribution in [0.1, 0.15) is 20.9 Å². The van der Waals surface area contributed by atoms with E-state index in [-0.39, 0.29) is 5.91 Å². The van der Waals surface area contributed by atoms with Gasteiger partial charge in [-0.15, -0.1) is 0 Å². The Morgan fingerprint density at radius 2 is 2.17 bits per heavy atom. The number of rotatable bonds is 7. The lowest BCUT2D eigenvalue weighted by atomic mass is 10.1. The van der Waals surface area contributed by atoms with Crippen LogP contribution in [0.15, 0.2) is 30.6 Å². The summed E-state index contributed by atoms with van der Waals surface area (Å²) in [5, 5.41) is 19.1. The van der Waals surface area contributed by atoms with Gasteiger partial charge < -0.3 is 15.4 Å². The molecule has 0 aliphatic heterocycles. The quantitative estimate of drug-likeness (QED) is 0.430. The number of thiazole rings is 1. The number of aryl methyl sites for hydroxylation is 2. The summed E-state index contributed by atoms with van der Waals surface area (Å²) in [6, 6.07) is 5.81. The Hall–Kier alpha value is -3.24. The zero-order valence-corrected chi connectivity index (χ0v) is 17.1. The molecule has 0 spiro atoms. The van der Waals surface area contributed by atoms with Crippen molar-refractivity contribution in [2.45, 2.75) is 20.4 Å². The van der Waals surface area contributed by atoms with E-state index in [1.807, 2.05) is 36.7 Å². The van der Waals surface area contributed by atoms with E-state index in [0.29, 0.717) is 29.0 Å². The summed E-state index contributed by atoms with van der Waals surface area (Å²) >= 11 is 1.27. The monoisotopic (exact) mass is 411 g/mol. The van der Waals surface area contributed by atoms with Crippen molar-refractivity contribution in [2.24, 2.45) is 0 Å². The van der Waals surface area contributed by atoms with Crippen LogP contribution in [0.25, 0.3) is 10.9 Å². The molecule has 0 radical (unpaired) electrons. The molecule has 1 aromatic carbocycles. The highest BCUT2D eigenvalue weighted by atomic mass is 32.1. The van der Waals surface area contributed by atoms with Gasteiger partial charge in [0.05, 0.1) is 36.7 Å². The van der Waals surface area contributed by atoms with Gasteiger partial charge in [-0.25, -0.2) is 4.98 Å². The highest BCUT2D eigenvalue weighted by Crippen LogP contribution is 2.28. The van der Waals surface area contributed by atoms with Crippen LogP contribution < -0.4 is 10.6 Å². The van der Waals surface area contributed by atoms with Crippen molar-refractivity contribution in [3.63, 3.8) is 0 Å². The highest BCUT2D eigenvalue weighted by molar-refractivity contribution is 7.17. The first-order chi connectivity index (χ1) is 14.0. The second-order valence-corrected chi connectivity index (χ2v) is 7.62. The van der Waals surface area contributed by atoms with E-state index in [1.165, 1.54) is 11.3 Å². The van der Waals surface area contributed by atoms with Gasteiger partial charge in [0.2, 0.25) is 0 Å². The molecule has 0 saturated carbocycles. The zero-order valence-electron chi connectivity index (χ0n) is 16.3. The Balaban J connectivity index is 1.48. The number of nitrogens with zero attached hydrogens (tertiary/aromatic N) is 4. The normalized spacial score (nSPS) is 11.1. The first kappa shape index (κ1) is 19.1. The first-order valence-corrected chi connectivity index (χ1v) is 9.87. The predicted molar refractivity (Wildman–Crippen MR) is 113 cm³/mol. The average Bonchev–Trinajstić information content (AvgIpc) is 3.43. The van der Waals surface area contributed by atoms with Crippen LogP contribution in [0.5, 0.6) is 0 Å². The maximum atomic E-state index is 12.7. The molecular formula is C19H21N7O2S. The number of benzene rings is 1. The summed E-state index contributed by atoms with van der Waals surface area (Å²) in [5.74, 6) is 0.466.